The second-order valence-electron chi connectivity index (χ2n) is 6.26. The molecule has 0 bridgehead atoms. The summed E-state index contributed by atoms with van der Waals surface area (Å²) in [5, 5.41) is 3.44. The average Bonchev–Trinajstić information content (AvgIpc) is 2.45. The van der Waals surface area contributed by atoms with Gasteiger partial charge in [0.15, 0.2) is 0 Å². The minimum atomic E-state index is 0.206. The van der Waals surface area contributed by atoms with Gasteiger partial charge in [0, 0.05) is 18.3 Å². The molecule has 2 heteroatoms. The Kier molecular flexibility index (Phi) is 4.89. The molecule has 0 amide bonds. The Labute approximate surface area is 128 Å². The first-order valence-electron chi connectivity index (χ1n) is 7.55. The van der Waals surface area contributed by atoms with Crippen LogP contribution in [0, 0.1) is 0 Å². The molecule has 0 aliphatic heterocycles. The van der Waals surface area contributed by atoms with Crippen molar-refractivity contribution in [3.63, 3.8) is 0 Å². The van der Waals surface area contributed by atoms with Gasteiger partial charge in [-0.15, -0.1) is 0 Å². The molecule has 0 saturated carbocycles. The van der Waals surface area contributed by atoms with Crippen LogP contribution in [0.2, 0.25) is 0 Å². The third-order valence-electron chi connectivity index (χ3n) is 3.46. The van der Waals surface area contributed by atoms with E-state index in [1.807, 2.05) is 25.1 Å². The van der Waals surface area contributed by atoms with Crippen LogP contribution in [0.3, 0.4) is 0 Å². The maximum atomic E-state index is 5.51. The molecule has 21 heavy (non-hydrogen) atoms. The molecule has 0 fully saturated rings. The molecule has 0 atom stereocenters. The monoisotopic (exact) mass is 283 g/mol. The van der Waals surface area contributed by atoms with E-state index in [2.05, 4.69) is 56.4 Å². The van der Waals surface area contributed by atoms with E-state index in [1.54, 1.807) is 0 Å². The lowest BCUT2D eigenvalue weighted by molar-refractivity contribution is 0.340. The van der Waals surface area contributed by atoms with Gasteiger partial charge in [0.05, 0.1) is 6.61 Å². The molecule has 0 aliphatic rings. The molecule has 0 aliphatic carbocycles. The highest BCUT2D eigenvalue weighted by Crippen LogP contribution is 2.23. The Bertz CT molecular complexity index is 567. The second-order valence-corrected chi connectivity index (χ2v) is 6.26. The van der Waals surface area contributed by atoms with E-state index in [0.29, 0.717) is 6.61 Å². The van der Waals surface area contributed by atoms with E-state index in [-0.39, 0.29) is 5.41 Å². The molecule has 0 spiro atoms. The Hall–Kier alpha value is -1.96. The maximum Gasteiger partial charge on any atom is 0.121 e. The summed E-state index contributed by atoms with van der Waals surface area (Å²) in [5.74, 6) is 0.908. The molecule has 0 radical (unpaired) electrons. The first kappa shape index (κ1) is 15.4. The second kappa shape index (κ2) is 6.66. The molecule has 1 N–H and O–H groups in total. The molecule has 0 heterocycles. The van der Waals surface area contributed by atoms with E-state index in [4.69, 9.17) is 4.74 Å². The summed E-state index contributed by atoms with van der Waals surface area (Å²) >= 11 is 0. The van der Waals surface area contributed by atoms with Gasteiger partial charge in [0.1, 0.15) is 5.75 Å². The summed E-state index contributed by atoms with van der Waals surface area (Å²) in [7, 11) is 0. The number of benzene rings is 2. The number of hydrogen-bond acceptors (Lipinski definition) is 2. The minimum Gasteiger partial charge on any atom is -0.494 e. The summed E-state index contributed by atoms with van der Waals surface area (Å²) in [6.45, 7) is 10.2. The third kappa shape index (κ3) is 4.52. The van der Waals surface area contributed by atoms with Crippen molar-refractivity contribution in [1.82, 2.24) is 0 Å². The Balaban J connectivity index is 1.98. The van der Waals surface area contributed by atoms with Crippen molar-refractivity contribution in [1.29, 1.82) is 0 Å². The number of anilines is 1. The summed E-state index contributed by atoms with van der Waals surface area (Å²) in [6, 6.07) is 16.9. The predicted octanol–water partition coefficient (Wildman–Crippen LogP) is 4.99. The van der Waals surface area contributed by atoms with Crippen LogP contribution in [0.5, 0.6) is 5.75 Å². The fourth-order valence-corrected chi connectivity index (χ4v) is 2.19. The van der Waals surface area contributed by atoms with E-state index in [0.717, 1.165) is 18.0 Å². The summed E-state index contributed by atoms with van der Waals surface area (Å²) in [4.78, 5) is 0. The molecule has 2 rings (SSSR count). The fraction of sp³-hybridized carbons (Fsp3) is 0.368. The number of rotatable bonds is 5. The Morgan fingerprint density at radius 2 is 1.71 bits per heavy atom. The first-order valence-corrected chi connectivity index (χ1v) is 7.55. The van der Waals surface area contributed by atoms with Gasteiger partial charge in [-0.3, -0.25) is 0 Å². The Morgan fingerprint density at radius 3 is 2.33 bits per heavy atom. The average molecular weight is 283 g/mol. The van der Waals surface area contributed by atoms with Crippen molar-refractivity contribution in [3.05, 3.63) is 59.7 Å². The number of hydrogen-bond donors (Lipinski definition) is 1. The molecular formula is C19H25NO. The van der Waals surface area contributed by atoms with Crippen LogP contribution in [0.25, 0.3) is 0 Å². The van der Waals surface area contributed by atoms with Gasteiger partial charge in [-0.25, -0.2) is 0 Å². The summed E-state index contributed by atoms with van der Waals surface area (Å²) < 4.78 is 5.51. The van der Waals surface area contributed by atoms with E-state index in [9.17, 15) is 0 Å². The molecule has 2 nitrogen and oxygen atoms in total. The largest absolute Gasteiger partial charge is 0.494 e. The zero-order valence-electron chi connectivity index (χ0n) is 13.4. The van der Waals surface area contributed by atoms with Gasteiger partial charge < -0.3 is 10.1 Å². The number of ether oxygens (including phenoxy) is 1. The van der Waals surface area contributed by atoms with Crippen molar-refractivity contribution in [2.75, 3.05) is 11.9 Å². The van der Waals surface area contributed by atoms with Crippen LogP contribution in [0.4, 0.5) is 5.69 Å². The predicted molar refractivity (Wildman–Crippen MR) is 90.1 cm³/mol. The zero-order chi connectivity index (χ0) is 15.3. The van der Waals surface area contributed by atoms with Gasteiger partial charge in [-0.1, -0.05) is 51.1 Å². The summed E-state index contributed by atoms with van der Waals surface area (Å²) in [6.07, 6.45) is 0. The van der Waals surface area contributed by atoms with Crippen molar-refractivity contribution in [3.8, 4) is 5.75 Å². The number of nitrogens with one attached hydrogen (secondary N) is 1. The van der Waals surface area contributed by atoms with E-state index >= 15 is 0 Å². The van der Waals surface area contributed by atoms with Gasteiger partial charge in [0.2, 0.25) is 0 Å². The first-order chi connectivity index (χ1) is 9.99. The lowest BCUT2D eigenvalue weighted by Crippen LogP contribution is -2.11. The molecule has 112 valence electrons. The molecule has 0 unspecified atom stereocenters. The highest BCUT2D eigenvalue weighted by Gasteiger charge is 2.12. The molecule has 2 aromatic carbocycles. The van der Waals surface area contributed by atoms with E-state index < -0.39 is 0 Å². The standard InChI is InChI=1S/C19H25NO/c1-5-21-18-8-6-7-17(13-18)20-14-15-9-11-16(12-10-15)19(2,3)4/h6-13,20H,5,14H2,1-4H3. The van der Waals surface area contributed by atoms with Gasteiger partial charge >= 0.3 is 0 Å². The SMILES string of the molecule is CCOc1cccc(NCc2ccc(C(C)(C)C)cc2)c1. The van der Waals surface area contributed by atoms with Crippen LogP contribution in [0.1, 0.15) is 38.8 Å². The van der Waals surface area contributed by atoms with Gasteiger partial charge in [-0.05, 0) is 35.6 Å². The minimum absolute atomic E-state index is 0.206. The Morgan fingerprint density at radius 1 is 1.00 bits per heavy atom. The van der Waals surface area contributed by atoms with Crippen molar-refractivity contribution in [2.45, 2.75) is 39.7 Å². The van der Waals surface area contributed by atoms with Crippen LogP contribution in [-0.4, -0.2) is 6.61 Å². The highest BCUT2D eigenvalue weighted by molar-refractivity contribution is 5.48. The normalized spacial score (nSPS) is 11.2. The smallest absolute Gasteiger partial charge is 0.121 e. The van der Waals surface area contributed by atoms with Crippen LogP contribution in [0.15, 0.2) is 48.5 Å². The van der Waals surface area contributed by atoms with Gasteiger partial charge in [0.25, 0.3) is 0 Å². The summed E-state index contributed by atoms with van der Waals surface area (Å²) in [5.41, 5.74) is 3.94. The molecule has 0 saturated heterocycles. The zero-order valence-corrected chi connectivity index (χ0v) is 13.4. The topological polar surface area (TPSA) is 21.3 Å². The van der Waals surface area contributed by atoms with Crippen molar-refractivity contribution >= 4 is 5.69 Å². The van der Waals surface area contributed by atoms with E-state index in [1.165, 1.54) is 11.1 Å². The van der Waals surface area contributed by atoms with Crippen molar-refractivity contribution in [2.24, 2.45) is 0 Å². The lowest BCUT2D eigenvalue weighted by atomic mass is 9.87. The van der Waals surface area contributed by atoms with Crippen molar-refractivity contribution < 1.29 is 4.74 Å². The molecular weight excluding hydrogens is 258 g/mol. The molecule has 2 aromatic rings. The van der Waals surface area contributed by atoms with Crippen LogP contribution >= 0.6 is 0 Å². The van der Waals surface area contributed by atoms with Crippen LogP contribution < -0.4 is 10.1 Å². The quantitative estimate of drug-likeness (QED) is 0.834. The van der Waals surface area contributed by atoms with Crippen LogP contribution in [-0.2, 0) is 12.0 Å². The van der Waals surface area contributed by atoms with Gasteiger partial charge in [-0.2, -0.15) is 0 Å². The lowest BCUT2D eigenvalue weighted by Gasteiger charge is -2.19. The molecule has 0 aromatic heterocycles. The fourth-order valence-electron chi connectivity index (χ4n) is 2.19. The third-order valence-corrected chi connectivity index (χ3v) is 3.46. The maximum absolute atomic E-state index is 5.51. The highest BCUT2D eigenvalue weighted by atomic mass is 16.5.